The van der Waals surface area contributed by atoms with E-state index in [9.17, 15) is 5.11 Å². The molecular formula is C16H27BrO. The molecule has 0 fully saturated rings. The van der Waals surface area contributed by atoms with Gasteiger partial charge >= 0.3 is 0 Å². The molecule has 0 aromatic heterocycles. The Morgan fingerprint density at radius 1 is 1.33 bits per heavy atom. The van der Waals surface area contributed by atoms with Crippen LogP contribution in [0.25, 0.3) is 0 Å². The first-order chi connectivity index (χ1) is 8.56. The summed E-state index contributed by atoms with van der Waals surface area (Å²) in [5.41, 5.74) is 0.795. The molecule has 0 rings (SSSR count). The number of hydrogen-bond acceptors (Lipinski definition) is 1. The molecule has 1 N–H and O–H groups in total. The molecule has 0 amide bonds. The quantitative estimate of drug-likeness (QED) is 0.448. The molecule has 0 saturated carbocycles. The lowest BCUT2D eigenvalue weighted by molar-refractivity contribution is 0.134. The van der Waals surface area contributed by atoms with Crippen LogP contribution < -0.4 is 0 Å². The first kappa shape index (κ1) is 17.7. The molecule has 104 valence electrons. The van der Waals surface area contributed by atoms with E-state index in [1.165, 1.54) is 19.3 Å². The third-order valence-electron chi connectivity index (χ3n) is 3.18. The zero-order chi connectivity index (χ0) is 14.0. The molecule has 2 heteroatoms. The van der Waals surface area contributed by atoms with Gasteiger partial charge in [0.2, 0.25) is 0 Å². The minimum absolute atomic E-state index is 0.325. The normalized spacial score (nSPS) is 15.9. The van der Waals surface area contributed by atoms with Crippen molar-refractivity contribution in [1.29, 1.82) is 0 Å². The number of rotatable bonds is 9. The van der Waals surface area contributed by atoms with Gasteiger partial charge in [-0.05, 0) is 30.9 Å². The van der Waals surface area contributed by atoms with Crippen LogP contribution in [0.1, 0.15) is 52.9 Å². The molecule has 0 aromatic rings. The zero-order valence-electron chi connectivity index (χ0n) is 12.0. The summed E-state index contributed by atoms with van der Waals surface area (Å²) in [4.78, 5) is 0. The second-order valence-corrected chi connectivity index (χ2v) is 5.63. The van der Waals surface area contributed by atoms with Crippen LogP contribution in [-0.2, 0) is 0 Å². The van der Waals surface area contributed by atoms with Gasteiger partial charge in [-0.15, -0.1) is 0 Å². The van der Waals surface area contributed by atoms with E-state index >= 15 is 0 Å². The maximum Gasteiger partial charge on any atom is 0.0812 e. The largest absolute Gasteiger partial charge is 0.388 e. The molecule has 0 aromatic carbocycles. The number of aliphatic hydroxyl groups is 1. The van der Waals surface area contributed by atoms with E-state index in [1.807, 2.05) is 25.2 Å². The van der Waals surface area contributed by atoms with Gasteiger partial charge in [-0.25, -0.2) is 0 Å². The number of hydrogen-bond donors (Lipinski definition) is 1. The lowest BCUT2D eigenvalue weighted by atomic mass is 9.89. The molecule has 2 atom stereocenters. The highest BCUT2D eigenvalue weighted by Gasteiger charge is 2.18. The predicted octanol–water partition coefficient (Wildman–Crippen LogP) is 5.36. The number of allylic oxidation sites excluding steroid dienone is 3. The summed E-state index contributed by atoms with van der Waals surface area (Å²) < 4.78 is 0.956. The average Bonchev–Trinajstić information content (AvgIpc) is 2.34. The fourth-order valence-electron chi connectivity index (χ4n) is 2.01. The Morgan fingerprint density at radius 2 is 2.00 bits per heavy atom. The Morgan fingerprint density at radius 3 is 2.50 bits per heavy atom. The summed E-state index contributed by atoms with van der Waals surface area (Å²) >= 11 is 3.44. The van der Waals surface area contributed by atoms with Crippen LogP contribution in [0.3, 0.4) is 0 Å². The van der Waals surface area contributed by atoms with Crippen molar-refractivity contribution in [2.24, 2.45) is 5.92 Å². The topological polar surface area (TPSA) is 20.2 Å². The fraction of sp³-hybridized carbons (Fsp3) is 0.625. The van der Waals surface area contributed by atoms with Crippen molar-refractivity contribution in [3.8, 4) is 0 Å². The smallest absolute Gasteiger partial charge is 0.0812 e. The lowest BCUT2D eigenvalue weighted by Gasteiger charge is -2.22. The Labute approximate surface area is 121 Å². The van der Waals surface area contributed by atoms with Crippen molar-refractivity contribution in [1.82, 2.24) is 0 Å². The van der Waals surface area contributed by atoms with Crippen molar-refractivity contribution >= 4 is 15.9 Å². The molecule has 0 bridgehead atoms. The van der Waals surface area contributed by atoms with Crippen LogP contribution in [0.4, 0.5) is 0 Å². The van der Waals surface area contributed by atoms with Crippen molar-refractivity contribution < 1.29 is 5.11 Å². The highest BCUT2D eigenvalue weighted by atomic mass is 79.9. The monoisotopic (exact) mass is 314 g/mol. The molecule has 0 aliphatic rings. The SMILES string of the molecule is C=C(/C=C(Br)\C=C/C)C(O)C(CC)CCCCC. The van der Waals surface area contributed by atoms with Gasteiger partial charge in [0.1, 0.15) is 0 Å². The number of halogens is 1. The van der Waals surface area contributed by atoms with Gasteiger partial charge in [0.05, 0.1) is 6.10 Å². The van der Waals surface area contributed by atoms with Crippen molar-refractivity contribution in [2.45, 2.75) is 59.0 Å². The molecule has 0 saturated heterocycles. The first-order valence-corrected chi connectivity index (χ1v) is 7.72. The van der Waals surface area contributed by atoms with Gasteiger partial charge < -0.3 is 5.11 Å². The molecule has 0 radical (unpaired) electrons. The predicted molar refractivity (Wildman–Crippen MR) is 84.9 cm³/mol. The Kier molecular flexibility index (Phi) is 10.4. The van der Waals surface area contributed by atoms with Crippen molar-refractivity contribution in [3.05, 3.63) is 34.9 Å². The molecule has 0 aliphatic heterocycles. The minimum atomic E-state index is -0.426. The van der Waals surface area contributed by atoms with Crippen LogP contribution in [0.5, 0.6) is 0 Å². The third kappa shape index (κ3) is 7.17. The van der Waals surface area contributed by atoms with Crippen LogP contribution in [-0.4, -0.2) is 11.2 Å². The standard InChI is InChI=1S/C16H27BrO/c1-5-8-9-11-14(7-3)16(18)13(4)12-15(17)10-6-2/h6,10,12,14,16,18H,4-5,7-9,11H2,1-3H3/b10-6-,15-12+. The second-order valence-electron chi connectivity index (χ2n) is 4.71. The molecule has 0 heterocycles. The van der Waals surface area contributed by atoms with E-state index in [2.05, 4.69) is 36.4 Å². The van der Waals surface area contributed by atoms with Gasteiger partial charge in [-0.1, -0.05) is 74.2 Å². The lowest BCUT2D eigenvalue weighted by Crippen LogP contribution is -2.21. The summed E-state index contributed by atoms with van der Waals surface area (Å²) in [7, 11) is 0. The molecule has 1 nitrogen and oxygen atoms in total. The summed E-state index contributed by atoms with van der Waals surface area (Å²) in [5, 5.41) is 10.3. The number of unbranched alkanes of at least 4 members (excludes halogenated alkanes) is 2. The fourth-order valence-corrected chi connectivity index (χ4v) is 2.57. The molecule has 0 aliphatic carbocycles. The van der Waals surface area contributed by atoms with Crippen LogP contribution in [0, 0.1) is 5.92 Å². The molecular weight excluding hydrogens is 288 g/mol. The summed E-state index contributed by atoms with van der Waals surface area (Å²) in [6.45, 7) is 10.3. The van der Waals surface area contributed by atoms with Gasteiger partial charge in [0, 0.05) is 4.48 Å². The van der Waals surface area contributed by atoms with E-state index in [1.54, 1.807) is 0 Å². The van der Waals surface area contributed by atoms with Gasteiger partial charge in [-0.3, -0.25) is 0 Å². The molecule has 18 heavy (non-hydrogen) atoms. The van der Waals surface area contributed by atoms with Crippen molar-refractivity contribution in [3.63, 3.8) is 0 Å². The zero-order valence-corrected chi connectivity index (χ0v) is 13.5. The number of aliphatic hydroxyl groups excluding tert-OH is 1. The second kappa shape index (κ2) is 10.6. The van der Waals surface area contributed by atoms with E-state index in [0.717, 1.165) is 22.9 Å². The van der Waals surface area contributed by atoms with Gasteiger partial charge in [0.15, 0.2) is 0 Å². The van der Waals surface area contributed by atoms with Crippen LogP contribution >= 0.6 is 15.9 Å². The van der Waals surface area contributed by atoms with E-state index < -0.39 is 6.10 Å². The highest BCUT2D eigenvalue weighted by Crippen LogP contribution is 2.24. The maximum atomic E-state index is 10.3. The Hall–Kier alpha value is -0.340. The van der Waals surface area contributed by atoms with E-state index in [-0.39, 0.29) is 0 Å². The minimum Gasteiger partial charge on any atom is -0.388 e. The maximum absolute atomic E-state index is 10.3. The Bertz CT molecular complexity index is 291. The third-order valence-corrected chi connectivity index (χ3v) is 3.67. The molecule has 2 unspecified atom stereocenters. The van der Waals surface area contributed by atoms with E-state index in [4.69, 9.17) is 0 Å². The Balaban J connectivity index is 4.43. The van der Waals surface area contributed by atoms with Gasteiger partial charge in [0.25, 0.3) is 0 Å². The van der Waals surface area contributed by atoms with Gasteiger partial charge in [-0.2, -0.15) is 0 Å². The van der Waals surface area contributed by atoms with Crippen molar-refractivity contribution in [2.75, 3.05) is 0 Å². The van der Waals surface area contributed by atoms with Crippen LogP contribution in [0.2, 0.25) is 0 Å². The first-order valence-electron chi connectivity index (χ1n) is 6.93. The average molecular weight is 315 g/mol. The molecule has 0 spiro atoms. The van der Waals surface area contributed by atoms with Crippen LogP contribution in [0.15, 0.2) is 34.9 Å². The summed E-state index contributed by atoms with van der Waals surface area (Å²) in [5.74, 6) is 0.325. The van der Waals surface area contributed by atoms with E-state index in [0.29, 0.717) is 5.92 Å². The highest BCUT2D eigenvalue weighted by molar-refractivity contribution is 9.11. The summed E-state index contributed by atoms with van der Waals surface area (Å²) in [6.07, 6.45) is 11.1. The summed E-state index contributed by atoms with van der Waals surface area (Å²) in [6, 6.07) is 0.